The normalized spacial score (nSPS) is 24.5. The average molecular weight is 547 g/mol. The summed E-state index contributed by atoms with van der Waals surface area (Å²) in [5.74, 6) is 1.90. The van der Waals surface area contributed by atoms with Crippen molar-refractivity contribution in [2.45, 2.75) is 57.0 Å². The molecule has 0 aromatic heterocycles. The Kier molecular flexibility index (Phi) is 11.4. The minimum Gasteiger partial charge on any atom is -0.354 e. The summed E-state index contributed by atoms with van der Waals surface area (Å²) in [5.41, 5.74) is 1.13. The number of hydrogen-bond acceptors (Lipinski definition) is 6. The van der Waals surface area contributed by atoms with Crippen LogP contribution < -0.4 is 5.32 Å². The van der Waals surface area contributed by atoms with Crippen molar-refractivity contribution in [2.75, 3.05) is 44.2 Å². The van der Waals surface area contributed by atoms with E-state index in [9.17, 15) is 9.59 Å². The van der Waals surface area contributed by atoms with Crippen LogP contribution in [0.15, 0.2) is 18.2 Å². The monoisotopic (exact) mass is 545 g/mol. The van der Waals surface area contributed by atoms with Crippen LogP contribution in [0.25, 0.3) is 0 Å². The molecule has 2 saturated heterocycles. The molecule has 1 N–H and O–H groups in total. The van der Waals surface area contributed by atoms with Gasteiger partial charge < -0.3 is 5.32 Å². The summed E-state index contributed by atoms with van der Waals surface area (Å²) in [4.78, 5) is 30.1. The van der Waals surface area contributed by atoms with Crippen LogP contribution in [0.1, 0.15) is 50.5 Å². The standard InChI is InChI=1S/C25H37Cl2N3O2S2/c1-2-23(31)25-19(17-4-6-20(26)21(27)14-17)15-18-5-7-22(25)30(18)10-3-9-29(11-13-34)16-24(32)28-8-12-33/h4,6,14,18-19,22,25,33-34H,2-3,5,7-13,15-16H2,1H3,(H,28,32)/t18-,19-,22+,25-/m0/s1. The maximum Gasteiger partial charge on any atom is 0.234 e. The zero-order chi connectivity index (χ0) is 24.7. The Morgan fingerprint density at radius 3 is 2.62 bits per heavy atom. The maximum absolute atomic E-state index is 13.2. The zero-order valence-corrected chi connectivity index (χ0v) is 23.2. The third kappa shape index (κ3) is 7.07. The van der Waals surface area contributed by atoms with Crippen molar-refractivity contribution in [3.05, 3.63) is 33.8 Å². The molecule has 1 aromatic carbocycles. The highest BCUT2D eigenvalue weighted by molar-refractivity contribution is 7.80. The van der Waals surface area contributed by atoms with E-state index in [1.807, 2.05) is 25.1 Å². The molecule has 2 heterocycles. The second kappa shape index (κ2) is 13.8. The van der Waals surface area contributed by atoms with E-state index in [4.69, 9.17) is 23.2 Å². The van der Waals surface area contributed by atoms with Crippen LogP contribution in [-0.4, -0.2) is 77.8 Å². The number of thiol groups is 2. The lowest BCUT2D eigenvalue weighted by Gasteiger charge is -2.44. The van der Waals surface area contributed by atoms with Gasteiger partial charge in [0.05, 0.1) is 16.6 Å². The Morgan fingerprint density at radius 2 is 1.94 bits per heavy atom. The van der Waals surface area contributed by atoms with E-state index in [-0.39, 0.29) is 23.8 Å². The first-order valence-electron chi connectivity index (χ1n) is 12.3. The molecule has 0 unspecified atom stereocenters. The Balaban J connectivity index is 1.66. The van der Waals surface area contributed by atoms with Crippen molar-refractivity contribution in [2.24, 2.45) is 5.92 Å². The minimum absolute atomic E-state index is 0.0125. The molecule has 3 rings (SSSR count). The van der Waals surface area contributed by atoms with E-state index < -0.39 is 0 Å². The van der Waals surface area contributed by atoms with E-state index in [1.54, 1.807) is 0 Å². The predicted molar refractivity (Wildman–Crippen MR) is 148 cm³/mol. The summed E-state index contributed by atoms with van der Waals surface area (Å²) in [5, 5.41) is 4.00. The fourth-order valence-corrected chi connectivity index (χ4v) is 6.47. The van der Waals surface area contributed by atoms with Crippen LogP contribution >= 0.6 is 48.5 Å². The molecule has 0 aliphatic carbocycles. The molecule has 5 nitrogen and oxygen atoms in total. The summed E-state index contributed by atoms with van der Waals surface area (Å²) < 4.78 is 0. The average Bonchev–Trinajstić information content (AvgIpc) is 3.09. The zero-order valence-electron chi connectivity index (χ0n) is 19.9. The van der Waals surface area contributed by atoms with Crippen LogP contribution in [0.2, 0.25) is 10.0 Å². The van der Waals surface area contributed by atoms with E-state index in [2.05, 4.69) is 40.4 Å². The summed E-state index contributed by atoms with van der Waals surface area (Å²) in [7, 11) is 0. The number of carbonyl (C=O) groups is 2. The number of nitrogens with zero attached hydrogens (tertiary/aromatic N) is 2. The Bertz CT molecular complexity index is 844. The van der Waals surface area contributed by atoms with Crippen molar-refractivity contribution in [3.8, 4) is 0 Å². The van der Waals surface area contributed by atoms with Gasteiger partial charge in [0.15, 0.2) is 0 Å². The van der Waals surface area contributed by atoms with Gasteiger partial charge in [-0.15, -0.1) is 0 Å². The van der Waals surface area contributed by atoms with Gasteiger partial charge in [-0.05, 0) is 62.4 Å². The Hall–Kier alpha value is -0.440. The fourth-order valence-electron chi connectivity index (χ4n) is 5.76. The van der Waals surface area contributed by atoms with Gasteiger partial charge in [-0.1, -0.05) is 36.2 Å². The molecule has 1 amide bonds. The first kappa shape index (κ1) is 28.1. The Morgan fingerprint density at radius 1 is 1.15 bits per heavy atom. The van der Waals surface area contributed by atoms with Crippen molar-refractivity contribution in [3.63, 3.8) is 0 Å². The predicted octanol–water partition coefficient (Wildman–Crippen LogP) is 4.58. The largest absolute Gasteiger partial charge is 0.354 e. The van der Waals surface area contributed by atoms with Crippen LogP contribution in [0.4, 0.5) is 0 Å². The molecule has 34 heavy (non-hydrogen) atoms. The molecule has 2 aliphatic heterocycles. The number of halogens is 2. The highest BCUT2D eigenvalue weighted by Gasteiger charge is 2.49. The second-order valence-corrected chi connectivity index (χ2v) is 11.0. The highest BCUT2D eigenvalue weighted by atomic mass is 35.5. The lowest BCUT2D eigenvalue weighted by atomic mass is 9.73. The third-order valence-electron chi connectivity index (χ3n) is 7.26. The fraction of sp³-hybridized carbons (Fsp3) is 0.680. The number of ketones is 1. The number of nitrogens with one attached hydrogen (secondary N) is 1. The molecular formula is C25H37Cl2N3O2S2. The van der Waals surface area contributed by atoms with Crippen molar-refractivity contribution >= 4 is 60.1 Å². The molecule has 0 saturated carbocycles. The number of Topliss-reactive ketones (excluding diaryl/α,β-unsaturated/α-hetero) is 1. The van der Waals surface area contributed by atoms with Crippen LogP contribution in [0.3, 0.4) is 0 Å². The van der Waals surface area contributed by atoms with Crippen molar-refractivity contribution < 1.29 is 9.59 Å². The van der Waals surface area contributed by atoms with Crippen molar-refractivity contribution in [1.82, 2.24) is 15.1 Å². The van der Waals surface area contributed by atoms with Gasteiger partial charge in [0.25, 0.3) is 0 Å². The third-order valence-corrected chi connectivity index (χ3v) is 8.43. The molecule has 2 bridgehead atoms. The van der Waals surface area contributed by atoms with Gasteiger partial charge in [-0.2, -0.15) is 25.3 Å². The summed E-state index contributed by atoms with van der Waals surface area (Å²) in [6.45, 7) is 5.50. The van der Waals surface area contributed by atoms with Crippen LogP contribution in [-0.2, 0) is 9.59 Å². The van der Waals surface area contributed by atoms with Gasteiger partial charge in [-0.25, -0.2) is 0 Å². The smallest absolute Gasteiger partial charge is 0.234 e. The maximum atomic E-state index is 13.2. The lowest BCUT2D eigenvalue weighted by Crippen LogP contribution is -2.51. The first-order valence-corrected chi connectivity index (χ1v) is 14.4. The number of hydrogen-bond donors (Lipinski definition) is 3. The number of carbonyl (C=O) groups excluding carboxylic acids is 2. The number of amides is 1. The molecule has 4 atom stereocenters. The highest BCUT2D eigenvalue weighted by Crippen LogP contribution is 2.48. The molecule has 2 aliphatic rings. The van der Waals surface area contributed by atoms with Gasteiger partial charge in [-0.3, -0.25) is 19.4 Å². The lowest BCUT2D eigenvalue weighted by molar-refractivity contribution is -0.127. The van der Waals surface area contributed by atoms with E-state index >= 15 is 0 Å². The topological polar surface area (TPSA) is 52.7 Å². The van der Waals surface area contributed by atoms with Crippen LogP contribution in [0, 0.1) is 5.92 Å². The summed E-state index contributed by atoms with van der Waals surface area (Å²) >= 11 is 21.0. The SMILES string of the molecule is CCC(=O)[C@@H]1[C@H]2CC[C@@H](C[C@H]1c1ccc(Cl)c(Cl)c1)N2CCCN(CCS)CC(=O)NCCS. The number of piperidine rings is 1. The van der Waals surface area contributed by atoms with Gasteiger partial charge in [0, 0.05) is 49.0 Å². The molecule has 1 aromatic rings. The van der Waals surface area contributed by atoms with Crippen LogP contribution in [0.5, 0.6) is 0 Å². The molecular weight excluding hydrogens is 509 g/mol. The number of benzene rings is 1. The van der Waals surface area contributed by atoms with Gasteiger partial charge >= 0.3 is 0 Å². The van der Waals surface area contributed by atoms with Gasteiger partial charge in [0.2, 0.25) is 5.91 Å². The number of fused-ring (bicyclic) bond motifs is 2. The molecule has 190 valence electrons. The Labute approximate surface area is 225 Å². The molecule has 2 fully saturated rings. The van der Waals surface area contributed by atoms with Gasteiger partial charge in [0.1, 0.15) is 5.78 Å². The first-order chi connectivity index (χ1) is 16.4. The number of rotatable bonds is 13. The summed E-state index contributed by atoms with van der Waals surface area (Å²) in [6, 6.07) is 6.58. The second-order valence-electron chi connectivity index (χ2n) is 9.32. The van der Waals surface area contributed by atoms with Crippen molar-refractivity contribution in [1.29, 1.82) is 0 Å². The van der Waals surface area contributed by atoms with E-state index in [0.29, 0.717) is 52.9 Å². The van der Waals surface area contributed by atoms with E-state index in [1.165, 1.54) is 0 Å². The van der Waals surface area contributed by atoms with E-state index in [0.717, 1.165) is 50.9 Å². The quantitative estimate of drug-likeness (QED) is 0.317. The minimum atomic E-state index is -0.0125. The summed E-state index contributed by atoms with van der Waals surface area (Å²) in [6.07, 6.45) is 4.67. The molecule has 9 heteroatoms. The molecule has 0 radical (unpaired) electrons. The molecule has 0 spiro atoms.